The number of carboxylic acid groups (broad SMARTS) is 1. The minimum absolute atomic E-state index is 0.190. The minimum atomic E-state index is -1.00. The average molecular weight is 230 g/mol. The molecule has 78 valence electrons. The second-order valence-electron chi connectivity index (χ2n) is 1.80. The molecular formula is C6H12ClNO4S. The molecule has 0 aromatic heterocycles. The quantitative estimate of drug-likeness (QED) is 0.490. The van der Waals surface area contributed by atoms with Crippen LogP contribution in [0.3, 0.4) is 0 Å². The SMILES string of the molecule is CCOC(=O)Cl.NC(CS)C(=O)O. The fourth-order valence-electron chi connectivity index (χ4n) is 0.192. The number of thiol groups is 1. The molecular weight excluding hydrogens is 218 g/mol. The standard InChI is InChI=1S/C3H5ClO2.C3H7NO2S/c1-2-6-3(4)5;4-2(1-7)3(5)6/h2H2,1H3;2,7H,1,4H2,(H,5,6). The van der Waals surface area contributed by atoms with Crippen molar-refractivity contribution in [1.82, 2.24) is 0 Å². The number of aliphatic carboxylic acids is 1. The van der Waals surface area contributed by atoms with Crippen LogP contribution in [0.4, 0.5) is 4.79 Å². The van der Waals surface area contributed by atoms with Crippen LogP contribution in [0.1, 0.15) is 6.92 Å². The maximum atomic E-state index is 9.76. The Hall–Kier alpha value is -0.460. The predicted molar refractivity (Wildman–Crippen MR) is 52.3 cm³/mol. The first-order chi connectivity index (χ1) is 5.95. The van der Waals surface area contributed by atoms with Crippen molar-refractivity contribution in [3.63, 3.8) is 0 Å². The van der Waals surface area contributed by atoms with Crippen LogP contribution in [0.2, 0.25) is 0 Å². The van der Waals surface area contributed by atoms with E-state index in [-0.39, 0.29) is 5.75 Å². The highest BCUT2D eigenvalue weighted by Gasteiger charge is 2.06. The fourth-order valence-corrected chi connectivity index (χ4v) is 0.457. The molecule has 0 heterocycles. The Bertz CT molecular complexity index is 167. The molecule has 0 spiro atoms. The summed E-state index contributed by atoms with van der Waals surface area (Å²) < 4.78 is 4.17. The summed E-state index contributed by atoms with van der Waals surface area (Å²) in [4.78, 5) is 19.3. The predicted octanol–water partition coefficient (Wildman–Crippen LogP) is 0.710. The monoisotopic (exact) mass is 229 g/mol. The number of rotatable bonds is 3. The summed E-state index contributed by atoms with van der Waals surface area (Å²) in [6.07, 6.45) is 0. The van der Waals surface area contributed by atoms with Crippen molar-refractivity contribution in [1.29, 1.82) is 0 Å². The normalized spacial score (nSPS) is 10.8. The van der Waals surface area contributed by atoms with E-state index in [1.165, 1.54) is 0 Å². The molecule has 0 radical (unpaired) electrons. The van der Waals surface area contributed by atoms with E-state index in [1.807, 2.05) is 0 Å². The molecule has 0 fully saturated rings. The third-order valence-corrected chi connectivity index (χ3v) is 1.27. The fraction of sp³-hybridized carbons (Fsp3) is 0.667. The van der Waals surface area contributed by atoms with Gasteiger partial charge in [0.15, 0.2) is 0 Å². The van der Waals surface area contributed by atoms with Gasteiger partial charge in [-0.2, -0.15) is 12.6 Å². The Kier molecular flexibility index (Phi) is 11.1. The van der Waals surface area contributed by atoms with Crippen molar-refractivity contribution >= 4 is 35.6 Å². The van der Waals surface area contributed by atoms with Gasteiger partial charge in [0.1, 0.15) is 6.04 Å². The van der Waals surface area contributed by atoms with Gasteiger partial charge in [-0.3, -0.25) is 4.79 Å². The topological polar surface area (TPSA) is 89.6 Å². The maximum Gasteiger partial charge on any atom is 0.403 e. The lowest BCUT2D eigenvalue weighted by Gasteiger charge is -1.96. The highest BCUT2D eigenvalue weighted by atomic mass is 35.5. The highest BCUT2D eigenvalue weighted by molar-refractivity contribution is 7.80. The Morgan fingerprint density at radius 2 is 2.15 bits per heavy atom. The Morgan fingerprint density at radius 1 is 1.69 bits per heavy atom. The van der Waals surface area contributed by atoms with E-state index in [0.29, 0.717) is 6.61 Å². The summed E-state index contributed by atoms with van der Waals surface area (Å²) >= 11 is 8.37. The average Bonchev–Trinajstić information content (AvgIpc) is 2.03. The van der Waals surface area contributed by atoms with Gasteiger partial charge >= 0.3 is 11.4 Å². The lowest BCUT2D eigenvalue weighted by atomic mass is 10.4. The zero-order valence-electron chi connectivity index (χ0n) is 7.07. The van der Waals surface area contributed by atoms with Crippen molar-refractivity contribution in [3.05, 3.63) is 0 Å². The summed E-state index contributed by atoms with van der Waals surface area (Å²) in [6, 6.07) is -0.816. The number of nitrogens with two attached hydrogens (primary N) is 1. The van der Waals surface area contributed by atoms with E-state index in [2.05, 4.69) is 17.4 Å². The molecule has 3 N–H and O–H groups in total. The van der Waals surface area contributed by atoms with Crippen LogP contribution >= 0.6 is 24.2 Å². The van der Waals surface area contributed by atoms with Crippen molar-refractivity contribution in [3.8, 4) is 0 Å². The lowest BCUT2D eigenvalue weighted by Crippen LogP contribution is -2.31. The molecule has 0 saturated carbocycles. The molecule has 0 aromatic rings. The van der Waals surface area contributed by atoms with Crippen LogP contribution in [-0.2, 0) is 9.53 Å². The molecule has 0 rings (SSSR count). The third kappa shape index (κ3) is 14.4. The maximum absolute atomic E-state index is 9.76. The van der Waals surface area contributed by atoms with E-state index in [0.717, 1.165) is 0 Å². The molecule has 0 aliphatic heterocycles. The van der Waals surface area contributed by atoms with Crippen LogP contribution in [-0.4, -0.2) is 34.9 Å². The smallest absolute Gasteiger partial charge is 0.403 e. The molecule has 1 atom stereocenters. The van der Waals surface area contributed by atoms with Gasteiger partial charge in [-0.25, -0.2) is 4.79 Å². The Labute approximate surface area is 86.6 Å². The first-order valence-electron chi connectivity index (χ1n) is 3.37. The zero-order valence-corrected chi connectivity index (χ0v) is 8.72. The number of carbonyl (C=O) groups is 2. The third-order valence-electron chi connectivity index (χ3n) is 0.772. The lowest BCUT2D eigenvalue weighted by molar-refractivity contribution is -0.137. The first kappa shape index (κ1) is 15.0. The summed E-state index contributed by atoms with van der Waals surface area (Å²) in [5, 5.41) is 8.01. The van der Waals surface area contributed by atoms with Gasteiger partial charge in [0, 0.05) is 17.4 Å². The number of carbonyl (C=O) groups excluding carboxylic acids is 1. The Morgan fingerprint density at radius 3 is 2.15 bits per heavy atom. The minimum Gasteiger partial charge on any atom is -0.480 e. The summed E-state index contributed by atoms with van der Waals surface area (Å²) in [7, 11) is 0. The van der Waals surface area contributed by atoms with Crippen LogP contribution in [0.5, 0.6) is 0 Å². The molecule has 0 amide bonds. The molecule has 0 aliphatic carbocycles. The van der Waals surface area contributed by atoms with E-state index in [4.69, 9.17) is 22.4 Å². The van der Waals surface area contributed by atoms with E-state index in [1.54, 1.807) is 6.92 Å². The van der Waals surface area contributed by atoms with Gasteiger partial charge in [0.2, 0.25) is 0 Å². The molecule has 7 heteroatoms. The molecule has 0 bridgehead atoms. The second kappa shape index (κ2) is 9.63. The van der Waals surface area contributed by atoms with Crippen LogP contribution < -0.4 is 5.73 Å². The van der Waals surface area contributed by atoms with E-state index >= 15 is 0 Å². The van der Waals surface area contributed by atoms with Crippen LogP contribution in [0.15, 0.2) is 0 Å². The van der Waals surface area contributed by atoms with Crippen LogP contribution in [0.25, 0.3) is 0 Å². The molecule has 13 heavy (non-hydrogen) atoms. The second-order valence-corrected chi connectivity index (χ2v) is 2.47. The molecule has 0 saturated heterocycles. The van der Waals surface area contributed by atoms with Gasteiger partial charge < -0.3 is 15.6 Å². The molecule has 0 aliphatic rings. The zero-order chi connectivity index (χ0) is 10.9. The van der Waals surface area contributed by atoms with Gasteiger partial charge in [0.25, 0.3) is 0 Å². The van der Waals surface area contributed by atoms with Crippen molar-refractivity contribution in [2.24, 2.45) is 5.73 Å². The van der Waals surface area contributed by atoms with Gasteiger partial charge in [-0.15, -0.1) is 0 Å². The summed E-state index contributed by atoms with van der Waals surface area (Å²) in [5.74, 6) is -0.815. The van der Waals surface area contributed by atoms with Gasteiger partial charge in [0.05, 0.1) is 6.61 Å². The van der Waals surface area contributed by atoms with Crippen molar-refractivity contribution < 1.29 is 19.4 Å². The largest absolute Gasteiger partial charge is 0.480 e. The van der Waals surface area contributed by atoms with Gasteiger partial charge in [-0.1, -0.05) is 0 Å². The number of ether oxygens (including phenoxy) is 1. The molecule has 0 aromatic carbocycles. The van der Waals surface area contributed by atoms with Crippen LogP contribution in [0, 0.1) is 0 Å². The number of hydrogen-bond acceptors (Lipinski definition) is 5. The summed E-state index contributed by atoms with van der Waals surface area (Å²) in [5.41, 5.74) is 4.20. The van der Waals surface area contributed by atoms with Crippen molar-refractivity contribution in [2.75, 3.05) is 12.4 Å². The summed E-state index contributed by atoms with van der Waals surface area (Å²) in [6.45, 7) is 2.04. The number of hydrogen-bond donors (Lipinski definition) is 3. The van der Waals surface area contributed by atoms with Gasteiger partial charge in [-0.05, 0) is 6.92 Å². The van der Waals surface area contributed by atoms with E-state index in [9.17, 15) is 9.59 Å². The number of halogens is 1. The Balaban J connectivity index is 0. The van der Waals surface area contributed by atoms with E-state index < -0.39 is 17.4 Å². The number of carboxylic acids is 1. The molecule has 5 nitrogen and oxygen atoms in total. The van der Waals surface area contributed by atoms with Crippen molar-refractivity contribution in [2.45, 2.75) is 13.0 Å². The highest BCUT2D eigenvalue weighted by Crippen LogP contribution is 1.82. The first-order valence-corrected chi connectivity index (χ1v) is 4.38. The molecule has 1 unspecified atom stereocenters.